The summed E-state index contributed by atoms with van der Waals surface area (Å²) in [5.41, 5.74) is 7.92. The van der Waals surface area contributed by atoms with Crippen molar-refractivity contribution in [3.63, 3.8) is 0 Å². The SMILES string of the molecule is CC(C)C1=CCC2=C(c3ccc(C4(C(=O)O)CNC4)cc3)CNOC2=C1. The molecule has 1 aromatic rings. The minimum atomic E-state index is -0.783. The van der Waals surface area contributed by atoms with Gasteiger partial charge in [-0.05, 0) is 40.7 Å². The van der Waals surface area contributed by atoms with E-state index in [1.807, 2.05) is 24.3 Å². The number of allylic oxidation sites excluding steroid dienone is 4. The Kier molecular flexibility index (Phi) is 4.21. The first-order valence-corrected chi connectivity index (χ1v) is 9.10. The van der Waals surface area contributed by atoms with Crippen molar-refractivity contribution in [3.8, 4) is 0 Å². The van der Waals surface area contributed by atoms with Crippen LogP contribution in [-0.4, -0.2) is 30.7 Å². The number of rotatable bonds is 4. The molecule has 5 nitrogen and oxygen atoms in total. The summed E-state index contributed by atoms with van der Waals surface area (Å²) in [4.78, 5) is 17.4. The molecule has 0 radical (unpaired) electrons. The Hall–Kier alpha value is -2.37. The zero-order chi connectivity index (χ0) is 18.3. The lowest BCUT2D eigenvalue weighted by Gasteiger charge is -2.39. The highest BCUT2D eigenvalue weighted by Gasteiger charge is 2.46. The highest BCUT2D eigenvalue weighted by molar-refractivity contribution is 5.84. The number of carbonyl (C=O) groups is 1. The van der Waals surface area contributed by atoms with Crippen LogP contribution < -0.4 is 10.8 Å². The fourth-order valence-corrected chi connectivity index (χ4v) is 3.80. The van der Waals surface area contributed by atoms with E-state index >= 15 is 0 Å². The third kappa shape index (κ3) is 2.68. The molecule has 1 aromatic carbocycles. The second kappa shape index (κ2) is 6.41. The van der Waals surface area contributed by atoms with E-state index in [0.717, 1.165) is 23.3 Å². The van der Waals surface area contributed by atoms with E-state index in [1.54, 1.807) is 0 Å². The molecule has 0 unspecified atom stereocenters. The van der Waals surface area contributed by atoms with Gasteiger partial charge in [0.05, 0.1) is 6.54 Å². The number of nitrogens with one attached hydrogen (secondary N) is 2. The minimum Gasteiger partial charge on any atom is -0.481 e. The van der Waals surface area contributed by atoms with Gasteiger partial charge in [0.1, 0.15) is 5.41 Å². The van der Waals surface area contributed by atoms with E-state index in [4.69, 9.17) is 4.84 Å². The van der Waals surface area contributed by atoms with E-state index in [2.05, 4.69) is 36.8 Å². The maximum absolute atomic E-state index is 11.7. The third-order valence-corrected chi connectivity index (χ3v) is 5.65. The predicted octanol–water partition coefficient (Wildman–Crippen LogP) is 2.77. The van der Waals surface area contributed by atoms with Crippen LogP contribution in [0, 0.1) is 5.92 Å². The molecule has 2 aliphatic heterocycles. The molecule has 136 valence electrons. The highest BCUT2D eigenvalue weighted by atomic mass is 16.6. The lowest BCUT2D eigenvalue weighted by molar-refractivity contribution is -0.146. The quantitative estimate of drug-likeness (QED) is 0.777. The van der Waals surface area contributed by atoms with Crippen LogP contribution in [0.25, 0.3) is 5.57 Å². The van der Waals surface area contributed by atoms with Crippen molar-refractivity contribution < 1.29 is 14.7 Å². The topological polar surface area (TPSA) is 70.6 Å². The maximum Gasteiger partial charge on any atom is 0.316 e. The minimum absolute atomic E-state index is 0.473. The van der Waals surface area contributed by atoms with Gasteiger partial charge in [-0.1, -0.05) is 44.2 Å². The summed E-state index contributed by atoms with van der Waals surface area (Å²) in [5.74, 6) is 0.606. The smallest absolute Gasteiger partial charge is 0.316 e. The Labute approximate surface area is 153 Å². The Balaban J connectivity index is 1.66. The first kappa shape index (κ1) is 17.1. The molecule has 0 spiro atoms. The number of hydrogen-bond donors (Lipinski definition) is 3. The average molecular weight is 352 g/mol. The van der Waals surface area contributed by atoms with Crippen molar-refractivity contribution >= 4 is 11.5 Å². The zero-order valence-corrected chi connectivity index (χ0v) is 15.1. The molecule has 0 bridgehead atoms. The zero-order valence-electron chi connectivity index (χ0n) is 15.1. The van der Waals surface area contributed by atoms with Crippen LogP contribution in [0.5, 0.6) is 0 Å². The molecule has 0 amide bonds. The number of aliphatic carboxylic acids is 1. The third-order valence-electron chi connectivity index (χ3n) is 5.65. The first-order chi connectivity index (χ1) is 12.5. The lowest BCUT2D eigenvalue weighted by atomic mass is 9.75. The summed E-state index contributed by atoms with van der Waals surface area (Å²) in [6, 6.07) is 7.98. The second-order valence-electron chi connectivity index (χ2n) is 7.52. The number of benzene rings is 1. The Morgan fingerprint density at radius 2 is 1.92 bits per heavy atom. The Bertz CT molecular complexity index is 827. The van der Waals surface area contributed by atoms with Crippen molar-refractivity contribution in [2.45, 2.75) is 25.7 Å². The summed E-state index contributed by atoms with van der Waals surface area (Å²) in [6.45, 7) is 5.98. The first-order valence-electron chi connectivity index (χ1n) is 9.10. The average Bonchev–Trinajstić information content (AvgIpc) is 2.60. The van der Waals surface area contributed by atoms with Gasteiger partial charge < -0.3 is 15.3 Å². The Morgan fingerprint density at radius 3 is 2.50 bits per heavy atom. The van der Waals surface area contributed by atoms with Gasteiger partial charge >= 0.3 is 5.97 Å². The number of fused-ring (bicyclic) bond motifs is 1. The normalized spacial score (nSPS) is 21.3. The predicted molar refractivity (Wildman–Crippen MR) is 100 cm³/mol. The molecule has 1 saturated heterocycles. The molecule has 1 fully saturated rings. The van der Waals surface area contributed by atoms with E-state index in [0.29, 0.717) is 25.6 Å². The number of carboxylic acid groups (broad SMARTS) is 1. The fraction of sp³-hybridized carbons (Fsp3) is 0.381. The van der Waals surface area contributed by atoms with Gasteiger partial charge in [0.15, 0.2) is 5.76 Å². The summed E-state index contributed by atoms with van der Waals surface area (Å²) < 4.78 is 0. The summed E-state index contributed by atoms with van der Waals surface area (Å²) in [6.07, 6.45) is 5.25. The van der Waals surface area contributed by atoms with Gasteiger partial charge in [-0.3, -0.25) is 4.79 Å². The molecule has 2 heterocycles. The molecule has 0 aromatic heterocycles. The summed E-state index contributed by atoms with van der Waals surface area (Å²) in [7, 11) is 0. The van der Waals surface area contributed by atoms with Crippen LogP contribution >= 0.6 is 0 Å². The standard InChI is InChI=1S/C21H24N2O3/c1-13(2)15-5-8-17-18(10-23-26-19(17)9-15)14-3-6-16(7-4-14)21(20(24)25)11-22-12-21/h3-7,9,13,22-23H,8,10-12H2,1-2H3,(H,24,25). The van der Waals surface area contributed by atoms with E-state index in [9.17, 15) is 9.90 Å². The fourth-order valence-electron chi connectivity index (χ4n) is 3.80. The van der Waals surface area contributed by atoms with Crippen LogP contribution in [0.2, 0.25) is 0 Å². The lowest BCUT2D eigenvalue weighted by Crippen LogP contribution is -2.61. The molecule has 3 N–H and O–H groups in total. The molecule has 1 aliphatic carbocycles. The highest BCUT2D eigenvalue weighted by Crippen LogP contribution is 2.36. The number of carboxylic acids is 1. The van der Waals surface area contributed by atoms with Crippen LogP contribution in [0.4, 0.5) is 0 Å². The van der Waals surface area contributed by atoms with Gasteiger partial charge in [0.2, 0.25) is 0 Å². The summed E-state index contributed by atoms with van der Waals surface area (Å²) in [5, 5.41) is 12.7. The van der Waals surface area contributed by atoms with Crippen molar-refractivity contribution in [2.24, 2.45) is 5.92 Å². The van der Waals surface area contributed by atoms with E-state index in [1.165, 1.54) is 16.7 Å². The number of hydroxylamine groups is 1. The molecule has 4 rings (SSSR count). The van der Waals surface area contributed by atoms with Crippen molar-refractivity contribution in [2.75, 3.05) is 19.6 Å². The molecule has 5 heteroatoms. The molecular formula is C21H24N2O3. The van der Waals surface area contributed by atoms with Gasteiger partial charge in [-0.25, -0.2) is 0 Å². The van der Waals surface area contributed by atoms with Gasteiger partial charge in [-0.2, -0.15) is 5.48 Å². The summed E-state index contributed by atoms with van der Waals surface area (Å²) >= 11 is 0. The van der Waals surface area contributed by atoms with Crippen LogP contribution in [0.3, 0.4) is 0 Å². The monoisotopic (exact) mass is 352 g/mol. The molecule has 3 aliphatic rings. The van der Waals surface area contributed by atoms with Gasteiger partial charge in [0.25, 0.3) is 0 Å². The van der Waals surface area contributed by atoms with E-state index < -0.39 is 11.4 Å². The van der Waals surface area contributed by atoms with Crippen LogP contribution in [0.15, 0.2) is 53.3 Å². The Morgan fingerprint density at radius 1 is 1.19 bits per heavy atom. The van der Waals surface area contributed by atoms with E-state index in [-0.39, 0.29) is 0 Å². The van der Waals surface area contributed by atoms with Crippen molar-refractivity contribution in [1.82, 2.24) is 10.8 Å². The molecule has 26 heavy (non-hydrogen) atoms. The molecular weight excluding hydrogens is 328 g/mol. The van der Waals surface area contributed by atoms with Crippen LogP contribution in [-0.2, 0) is 15.0 Å². The maximum atomic E-state index is 11.7. The van der Waals surface area contributed by atoms with Crippen LogP contribution in [0.1, 0.15) is 31.4 Å². The molecule has 0 atom stereocenters. The largest absolute Gasteiger partial charge is 0.481 e. The van der Waals surface area contributed by atoms with Crippen molar-refractivity contribution in [1.29, 1.82) is 0 Å². The van der Waals surface area contributed by atoms with Gasteiger partial charge in [0, 0.05) is 18.7 Å². The molecule has 0 saturated carbocycles. The second-order valence-corrected chi connectivity index (χ2v) is 7.52. The van der Waals surface area contributed by atoms with Gasteiger partial charge in [-0.15, -0.1) is 0 Å². The van der Waals surface area contributed by atoms with Crippen molar-refractivity contribution in [3.05, 3.63) is 64.4 Å². The number of hydrogen-bond acceptors (Lipinski definition) is 4.